The molecule has 1 aliphatic rings. The van der Waals surface area contributed by atoms with Crippen molar-refractivity contribution in [2.45, 2.75) is 12.5 Å². The minimum atomic E-state index is -0.600. The van der Waals surface area contributed by atoms with E-state index in [1.165, 1.54) is 12.3 Å². The Kier molecular flexibility index (Phi) is 3.49. The highest BCUT2D eigenvalue weighted by Crippen LogP contribution is 2.19. The number of hydrogen-bond donors (Lipinski definition) is 1. The number of pyridine rings is 1. The van der Waals surface area contributed by atoms with E-state index in [2.05, 4.69) is 10.3 Å². The number of esters is 1. The molecule has 0 aliphatic carbocycles. The maximum Gasteiger partial charge on any atom is 0.328 e. The van der Waals surface area contributed by atoms with Gasteiger partial charge in [-0.25, -0.2) is 9.78 Å². The minimum Gasteiger partial charge on any atom is -0.464 e. The normalized spacial score (nSPS) is 18.9. The highest BCUT2D eigenvalue weighted by Gasteiger charge is 2.28. The van der Waals surface area contributed by atoms with Gasteiger partial charge in [0.05, 0.1) is 17.2 Å². The molecule has 1 atom stereocenters. The van der Waals surface area contributed by atoms with E-state index < -0.39 is 17.9 Å². The first kappa shape index (κ1) is 12.1. The summed E-state index contributed by atoms with van der Waals surface area (Å²) in [5.74, 6) is -0.855. The van der Waals surface area contributed by atoms with Gasteiger partial charge < -0.3 is 10.1 Å². The van der Waals surface area contributed by atoms with E-state index in [9.17, 15) is 9.59 Å². The number of hydrogen-bond acceptors (Lipinski definition) is 4. The van der Waals surface area contributed by atoms with Gasteiger partial charge >= 0.3 is 5.97 Å². The van der Waals surface area contributed by atoms with Crippen LogP contribution in [0.5, 0.6) is 0 Å². The summed E-state index contributed by atoms with van der Waals surface area (Å²) >= 11 is 11.4. The van der Waals surface area contributed by atoms with Gasteiger partial charge in [0.25, 0.3) is 5.91 Å². The minimum absolute atomic E-state index is 0.128. The van der Waals surface area contributed by atoms with Crippen LogP contribution >= 0.6 is 23.2 Å². The van der Waals surface area contributed by atoms with Crippen LogP contribution in [0.15, 0.2) is 12.3 Å². The molecule has 1 saturated heterocycles. The molecule has 17 heavy (non-hydrogen) atoms. The summed E-state index contributed by atoms with van der Waals surface area (Å²) in [6.07, 6.45) is 1.77. The Balaban J connectivity index is 2.09. The summed E-state index contributed by atoms with van der Waals surface area (Å²) < 4.78 is 4.73. The van der Waals surface area contributed by atoms with Gasteiger partial charge in [0, 0.05) is 12.6 Å². The molecule has 7 heteroatoms. The van der Waals surface area contributed by atoms with Crippen LogP contribution in [-0.2, 0) is 9.53 Å². The number of rotatable bonds is 2. The first-order valence-corrected chi connectivity index (χ1v) is 5.62. The molecule has 1 aromatic rings. The van der Waals surface area contributed by atoms with Gasteiger partial charge in [-0.05, 0) is 6.07 Å². The average Bonchev–Trinajstić information content (AvgIpc) is 2.68. The average molecular weight is 275 g/mol. The molecule has 0 radical (unpaired) electrons. The van der Waals surface area contributed by atoms with Gasteiger partial charge in [-0.1, -0.05) is 23.2 Å². The zero-order valence-electron chi connectivity index (χ0n) is 8.57. The van der Waals surface area contributed by atoms with Crippen LogP contribution < -0.4 is 5.32 Å². The fourth-order valence-electron chi connectivity index (χ4n) is 1.41. The quantitative estimate of drug-likeness (QED) is 0.655. The lowest BCUT2D eigenvalue weighted by molar-refractivity contribution is -0.139. The van der Waals surface area contributed by atoms with E-state index in [1.54, 1.807) is 0 Å². The van der Waals surface area contributed by atoms with Crippen molar-refractivity contribution in [3.63, 3.8) is 0 Å². The topological polar surface area (TPSA) is 68.3 Å². The number of ether oxygens (including phenoxy) is 1. The van der Waals surface area contributed by atoms with Crippen molar-refractivity contribution in [3.8, 4) is 0 Å². The predicted molar refractivity (Wildman–Crippen MR) is 61.1 cm³/mol. The second-order valence-corrected chi connectivity index (χ2v) is 4.24. The Morgan fingerprint density at radius 1 is 1.53 bits per heavy atom. The summed E-state index contributed by atoms with van der Waals surface area (Å²) in [6.45, 7) is 0.323. The van der Waals surface area contributed by atoms with Gasteiger partial charge in [0.1, 0.15) is 11.2 Å². The third-order valence-electron chi connectivity index (χ3n) is 2.30. The molecule has 0 saturated carbocycles. The van der Waals surface area contributed by atoms with Gasteiger partial charge in [-0.15, -0.1) is 0 Å². The molecule has 1 N–H and O–H groups in total. The van der Waals surface area contributed by atoms with Crippen molar-refractivity contribution in [2.75, 3.05) is 6.61 Å². The van der Waals surface area contributed by atoms with E-state index in [0.29, 0.717) is 13.0 Å². The molecule has 0 aromatic carbocycles. The van der Waals surface area contributed by atoms with Crippen LogP contribution in [0.4, 0.5) is 0 Å². The van der Waals surface area contributed by atoms with E-state index in [1.807, 2.05) is 0 Å². The van der Waals surface area contributed by atoms with Crippen LogP contribution in [-0.4, -0.2) is 29.5 Å². The largest absolute Gasteiger partial charge is 0.464 e. The molecule has 1 fully saturated rings. The Labute approximate surface area is 107 Å². The molecular formula is C10H8Cl2N2O3. The third kappa shape index (κ3) is 2.68. The van der Waals surface area contributed by atoms with Gasteiger partial charge in [-0.3, -0.25) is 4.79 Å². The summed E-state index contributed by atoms with van der Waals surface area (Å²) in [4.78, 5) is 26.7. The molecule has 2 heterocycles. The Bertz CT molecular complexity index is 479. The standard InChI is InChI=1S/C10H8Cl2N2O3/c11-6-3-5(4-13-8(6)12)9(15)14-7-1-2-17-10(7)16/h3-4,7H,1-2H2,(H,14,15). The van der Waals surface area contributed by atoms with Crippen LogP contribution in [0.1, 0.15) is 16.8 Å². The van der Waals surface area contributed by atoms with Crippen LogP contribution in [0.25, 0.3) is 0 Å². The number of nitrogens with zero attached hydrogens (tertiary/aromatic N) is 1. The van der Waals surface area contributed by atoms with Crippen molar-refractivity contribution in [1.82, 2.24) is 10.3 Å². The number of amides is 1. The molecule has 1 aromatic heterocycles. The summed E-state index contributed by atoms with van der Waals surface area (Å²) in [7, 11) is 0. The van der Waals surface area contributed by atoms with E-state index in [-0.39, 0.29) is 15.7 Å². The van der Waals surface area contributed by atoms with Crippen molar-refractivity contribution in [1.29, 1.82) is 0 Å². The Morgan fingerprint density at radius 3 is 2.88 bits per heavy atom. The summed E-state index contributed by atoms with van der Waals surface area (Å²) in [6, 6.07) is 0.795. The zero-order chi connectivity index (χ0) is 12.4. The third-order valence-corrected chi connectivity index (χ3v) is 2.99. The fraction of sp³-hybridized carbons (Fsp3) is 0.300. The molecule has 1 amide bonds. The summed E-state index contributed by atoms with van der Waals surface area (Å²) in [5, 5.41) is 2.85. The van der Waals surface area contributed by atoms with Crippen LogP contribution in [0.2, 0.25) is 10.2 Å². The lowest BCUT2D eigenvalue weighted by Gasteiger charge is -2.08. The number of halogens is 2. The smallest absolute Gasteiger partial charge is 0.328 e. The van der Waals surface area contributed by atoms with Crippen molar-refractivity contribution in [3.05, 3.63) is 28.0 Å². The SMILES string of the molecule is O=C(NC1CCOC1=O)c1cnc(Cl)c(Cl)c1. The first-order chi connectivity index (χ1) is 8.08. The fourth-order valence-corrected chi connectivity index (χ4v) is 1.68. The highest BCUT2D eigenvalue weighted by molar-refractivity contribution is 6.41. The second-order valence-electron chi connectivity index (χ2n) is 3.48. The van der Waals surface area contributed by atoms with Crippen molar-refractivity contribution in [2.24, 2.45) is 0 Å². The number of carbonyl (C=O) groups is 2. The Hall–Kier alpha value is -1.33. The van der Waals surface area contributed by atoms with Crippen LogP contribution in [0, 0.1) is 0 Å². The number of aromatic nitrogens is 1. The van der Waals surface area contributed by atoms with Crippen LogP contribution in [0.3, 0.4) is 0 Å². The number of nitrogens with one attached hydrogen (secondary N) is 1. The molecule has 90 valence electrons. The maximum atomic E-state index is 11.7. The second kappa shape index (κ2) is 4.89. The van der Waals surface area contributed by atoms with E-state index >= 15 is 0 Å². The van der Waals surface area contributed by atoms with Crippen molar-refractivity contribution < 1.29 is 14.3 Å². The number of carbonyl (C=O) groups excluding carboxylic acids is 2. The molecule has 5 nitrogen and oxygen atoms in total. The molecule has 1 aliphatic heterocycles. The van der Waals surface area contributed by atoms with Gasteiger partial charge in [0.15, 0.2) is 0 Å². The highest BCUT2D eigenvalue weighted by atomic mass is 35.5. The lowest BCUT2D eigenvalue weighted by atomic mass is 10.2. The Morgan fingerprint density at radius 2 is 2.29 bits per heavy atom. The molecule has 0 bridgehead atoms. The molecule has 0 spiro atoms. The van der Waals surface area contributed by atoms with Gasteiger partial charge in [0.2, 0.25) is 0 Å². The summed E-state index contributed by atoms with van der Waals surface area (Å²) in [5.41, 5.74) is 0.249. The molecular weight excluding hydrogens is 267 g/mol. The number of cyclic esters (lactones) is 1. The maximum absolute atomic E-state index is 11.7. The zero-order valence-corrected chi connectivity index (χ0v) is 10.1. The molecule has 1 unspecified atom stereocenters. The van der Waals surface area contributed by atoms with E-state index in [0.717, 1.165) is 0 Å². The van der Waals surface area contributed by atoms with E-state index in [4.69, 9.17) is 27.9 Å². The van der Waals surface area contributed by atoms with Gasteiger partial charge in [-0.2, -0.15) is 0 Å². The monoisotopic (exact) mass is 274 g/mol. The predicted octanol–water partition coefficient (Wildman–Crippen LogP) is 1.43. The lowest BCUT2D eigenvalue weighted by Crippen LogP contribution is -2.37. The van der Waals surface area contributed by atoms with Crippen molar-refractivity contribution >= 4 is 35.1 Å². The molecule has 2 rings (SSSR count). The first-order valence-electron chi connectivity index (χ1n) is 4.86.